The maximum absolute atomic E-state index is 10.5. The third-order valence-electron chi connectivity index (χ3n) is 3.49. The molecule has 0 aliphatic heterocycles. The molecule has 0 aliphatic rings. The highest BCUT2D eigenvalue weighted by Gasteiger charge is 2.17. The highest BCUT2D eigenvalue weighted by molar-refractivity contribution is 6.34. The SMILES string of the molecule is CN(C)c1cccc(C(O)c2cc3cccc(Cl)c3o2)c1. The molecule has 3 aromatic rings. The van der Waals surface area contributed by atoms with Gasteiger partial charge in [-0.05, 0) is 29.8 Å². The Morgan fingerprint density at radius 3 is 2.57 bits per heavy atom. The first-order valence-electron chi connectivity index (χ1n) is 6.69. The molecular formula is C17H16ClNO2. The minimum absolute atomic E-state index is 0.494. The average Bonchev–Trinajstić information content (AvgIpc) is 2.92. The Hall–Kier alpha value is -1.97. The summed E-state index contributed by atoms with van der Waals surface area (Å²) in [5.41, 5.74) is 2.43. The van der Waals surface area contributed by atoms with Gasteiger partial charge in [0.05, 0.1) is 5.02 Å². The van der Waals surface area contributed by atoms with Gasteiger partial charge < -0.3 is 14.4 Å². The lowest BCUT2D eigenvalue weighted by Crippen LogP contribution is -2.09. The fourth-order valence-electron chi connectivity index (χ4n) is 2.32. The number of aliphatic hydroxyl groups excluding tert-OH is 1. The lowest BCUT2D eigenvalue weighted by Gasteiger charge is -2.15. The van der Waals surface area contributed by atoms with Crippen molar-refractivity contribution in [2.75, 3.05) is 19.0 Å². The first-order valence-corrected chi connectivity index (χ1v) is 7.07. The van der Waals surface area contributed by atoms with E-state index < -0.39 is 6.10 Å². The molecular weight excluding hydrogens is 286 g/mol. The van der Waals surface area contributed by atoms with Crippen molar-refractivity contribution in [1.82, 2.24) is 0 Å². The first-order chi connectivity index (χ1) is 10.1. The van der Waals surface area contributed by atoms with Crippen LogP contribution in [0.25, 0.3) is 11.0 Å². The molecule has 1 atom stereocenters. The molecule has 0 radical (unpaired) electrons. The molecule has 0 fully saturated rings. The Labute approximate surface area is 128 Å². The average molecular weight is 302 g/mol. The molecule has 1 aromatic heterocycles. The van der Waals surface area contributed by atoms with E-state index >= 15 is 0 Å². The normalized spacial score (nSPS) is 12.6. The van der Waals surface area contributed by atoms with Gasteiger partial charge >= 0.3 is 0 Å². The number of rotatable bonds is 3. The van der Waals surface area contributed by atoms with E-state index in [0.717, 1.165) is 16.6 Å². The van der Waals surface area contributed by atoms with Crippen molar-refractivity contribution in [1.29, 1.82) is 0 Å². The number of fused-ring (bicyclic) bond motifs is 1. The molecule has 21 heavy (non-hydrogen) atoms. The zero-order valence-electron chi connectivity index (χ0n) is 11.9. The molecule has 3 rings (SSSR count). The number of benzene rings is 2. The second-order valence-corrected chi connectivity index (χ2v) is 5.61. The molecule has 108 valence electrons. The Morgan fingerprint density at radius 2 is 1.86 bits per heavy atom. The van der Waals surface area contributed by atoms with Gasteiger partial charge in [0.2, 0.25) is 0 Å². The number of anilines is 1. The summed E-state index contributed by atoms with van der Waals surface area (Å²) in [7, 11) is 3.93. The van der Waals surface area contributed by atoms with E-state index in [1.165, 1.54) is 0 Å². The summed E-state index contributed by atoms with van der Waals surface area (Å²) in [6, 6.07) is 15.1. The van der Waals surface area contributed by atoms with Crippen molar-refractivity contribution >= 4 is 28.3 Å². The highest BCUT2D eigenvalue weighted by atomic mass is 35.5. The summed E-state index contributed by atoms with van der Waals surface area (Å²) < 4.78 is 5.72. The Bertz CT molecular complexity index is 779. The molecule has 2 aromatic carbocycles. The van der Waals surface area contributed by atoms with E-state index in [4.69, 9.17) is 16.0 Å². The first kappa shape index (κ1) is 14.0. The van der Waals surface area contributed by atoms with E-state index in [-0.39, 0.29) is 0 Å². The van der Waals surface area contributed by atoms with Crippen molar-refractivity contribution in [3.8, 4) is 0 Å². The van der Waals surface area contributed by atoms with Crippen LogP contribution in [0.2, 0.25) is 5.02 Å². The maximum Gasteiger partial charge on any atom is 0.153 e. The Kier molecular flexibility index (Phi) is 3.62. The van der Waals surface area contributed by atoms with Gasteiger partial charge in [-0.1, -0.05) is 35.9 Å². The van der Waals surface area contributed by atoms with E-state index in [1.54, 1.807) is 6.07 Å². The minimum Gasteiger partial charge on any atom is -0.456 e. The van der Waals surface area contributed by atoms with Gasteiger partial charge in [0, 0.05) is 25.2 Å². The Balaban J connectivity index is 2.02. The zero-order chi connectivity index (χ0) is 15.0. The number of furan rings is 1. The molecule has 0 bridgehead atoms. The lowest BCUT2D eigenvalue weighted by atomic mass is 10.1. The van der Waals surface area contributed by atoms with Crippen LogP contribution in [0.3, 0.4) is 0 Å². The van der Waals surface area contributed by atoms with Crippen LogP contribution in [0.15, 0.2) is 52.9 Å². The smallest absolute Gasteiger partial charge is 0.153 e. The molecule has 1 N–H and O–H groups in total. The summed E-state index contributed by atoms with van der Waals surface area (Å²) in [5, 5.41) is 12.0. The molecule has 0 aliphatic carbocycles. The highest BCUT2D eigenvalue weighted by Crippen LogP contribution is 2.32. The maximum atomic E-state index is 10.5. The monoisotopic (exact) mass is 301 g/mol. The van der Waals surface area contributed by atoms with E-state index in [1.807, 2.05) is 61.5 Å². The molecule has 1 heterocycles. The third-order valence-corrected chi connectivity index (χ3v) is 3.78. The molecule has 1 unspecified atom stereocenters. The number of para-hydroxylation sites is 1. The lowest BCUT2D eigenvalue weighted by molar-refractivity contribution is 0.192. The molecule has 0 amide bonds. The summed E-state index contributed by atoms with van der Waals surface area (Å²) in [6.45, 7) is 0. The van der Waals surface area contributed by atoms with E-state index in [2.05, 4.69) is 0 Å². The van der Waals surface area contributed by atoms with Gasteiger partial charge in [-0.25, -0.2) is 0 Å². The summed E-state index contributed by atoms with van der Waals surface area (Å²) in [4.78, 5) is 1.99. The van der Waals surface area contributed by atoms with Gasteiger partial charge in [-0.3, -0.25) is 0 Å². The predicted octanol–water partition coefficient (Wildman–Crippen LogP) is 4.23. The van der Waals surface area contributed by atoms with Crippen LogP contribution in [0, 0.1) is 0 Å². The van der Waals surface area contributed by atoms with Crippen LogP contribution in [0.5, 0.6) is 0 Å². The third kappa shape index (κ3) is 2.62. The summed E-state index contributed by atoms with van der Waals surface area (Å²) in [5.74, 6) is 0.494. The predicted molar refractivity (Wildman–Crippen MR) is 86.1 cm³/mol. The molecule has 0 saturated heterocycles. The van der Waals surface area contributed by atoms with Crippen LogP contribution in [-0.4, -0.2) is 19.2 Å². The molecule has 3 nitrogen and oxygen atoms in total. The standard InChI is InChI=1S/C17H16ClNO2/c1-19(2)13-7-3-5-11(9-13)16(20)15-10-12-6-4-8-14(18)17(12)21-15/h3-10,16,20H,1-2H3. The molecule has 0 spiro atoms. The van der Waals surface area contributed by atoms with Crippen LogP contribution in [0.4, 0.5) is 5.69 Å². The number of halogens is 1. The topological polar surface area (TPSA) is 36.6 Å². The largest absolute Gasteiger partial charge is 0.456 e. The van der Waals surface area contributed by atoms with Crippen molar-refractivity contribution in [2.45, 2.75) is 6.10 Å². The minimum atomic E-state index is -0.812. The Morgan fingerprint density at radius 1 is 1.10 bits per heavy atom. The van der Waals surface area contributed by atoms with Crippen molar-refractivity contribution in [2.24, 2.45) is 0 Å². The van der Waals surface area contributed by atoms with Gasteiger partial charge in [0.15, 0.2) is 5.58 Å². The van der Waals surface area contributed by atoms with Gasteiger partial charge in [-0.2, -0.15) is 0 Å². The molecule has 0 saturated carbocycles. The second-order valence-electron chi connectivity index (χ2n) is 5.20. The van der Waals surface area contributed by atoms with E-state index in [9.17, 15) is 5.11 Å². The van der Waals surface area contributed by atoms with Gasteiger partial charge in [-0.15, -0.1) is 0 Å². The van der Waals surface area contributed by atoms with Crippen LogP contribution in [0.1, 0.15) is 17.4 Å². The van der Waals surface area contributed by atoms with Crippen LogP contribution in [-0.2, 0) is 0 Å². The van der Waals surface area contributed by atoms with Gasteiger partial charge in [0.25, 0.3) is 0 Å². The number of hydrogen-bond acceptors (Lipinski definition) is 3. The van der Waals surface area contributed by atoms with Crippen LogP contribution >= 0.6 is 11.6 Å². The number of nitrogens with zero attached hydrogens (tertiary/aromatic N) is 1. The van der Waals surface area contributed by atoms with E-state index in [0.29, 0.717) is 16.4 Å². The van der Waals surface area contributed by atoms with Crippen molar-refractivity contribution in [3.63, 3.8) is 0 Å². The number of hydrogen-bond donors (Lipinski definition) is 1. The summed E-state index contributed by atoms with van der Waals surface area (Å²) >= 11 is 6.11. The summed E-state index contributed by atoms with van der Waals surface area (Å²) in [6.07, 6.45) is -0.812. The molecule has 4 heteroatoms. The fourth-order valence-corrected chi connectivity index (χ4v) is 2.54. The van der Waals surface area contributed by atoms with Crippen LogP contribution < -0.4 is 4.90 Å². The van der Waals surface area contributed by atoms with Crippen molar-refractivity contribution < 1.29 is 9.52 Å². The number of aliphatic hydroxyl groups is 1. The van der Waals surface area contributed by atoms with Gasteiger partial charge in [0.1, 0.15) is 11.9 Å². The second kappa shape index (κ2) is 5.43. The fraction of sp³-hybridized carbons (Fsp3) is 0.176. The zero-order valence-corrected chi connectivity index (χ0v) is 12.6. The quantitative estimate of drug-likeness (QED) is 0.786. The van der Waals surface area contributed by atoms with Crippen molar-refractivity contribution in [3.05, 3.63) is 64.9 Å².